The van der Waals surface area contributed by atoms with Crippen molar-refractivity contribution in [3.05, 3.63) is 0 Å². The average molecular weight is 158 g/mol. The van der Waals surface area contributed by atoms with Crippen molar-refractivity contribution in [3.63, 3.8) is 0 Å². The van der Waals surface area contributed by atoms with Crippen LogP contribution in [-0.2, 0) is 0 Å². The van der Waals surface area contributed by atoms with Gasteiger partial charge in [-0.15, -0.1) is 0 Å². The zero-order valence-electron chi connectivity index (χ0n) is 6.50. The Labute approximate surface area is 66.3 Å². The molecule has 0 amide bonds. The van der Waals surface area contributed by atoms with E-state index in [1.165, 1.54) is 6.42 Å². The Hall–Kier alpha value is -0.180. The fraction of sp³-hybridized carbons (Fsp3) is 0.857. The number of amidine groups is 1. The van der Waals surface area contributed by atoms with Crippen molar-refractivity contribution < 1.29 is 0 Å². The zero-order chi connectivity index (χ0) is 7.56. The Balaban J connectivity index is 2.53. The van der Waals surface area contributed by atoms with E-state index in [0.29, 0.717) is 12.0 Å². The maximum atomic E-state index is 5.58. The molecule has 0 radical (unpaired) electrons. The number of hydrogen-bond donors (Lipinski definition) is 1. The van der Waals surface area contributed by atoms with Crippen molar-refractivity contribution in [1.82, 2.24) is 0 Å². The van der Waals surface area contributed by atoms with Gasteiger partial charge in [-0.05, 0) is 12.3 Å². The van der Waals surface area contributed by atoms with Gasteiger partial charge in [0.25, 0.3) is 0 Å². The lowest BCUT2D eigenvalue weighted by molar-refractivity contribution is 0.484. The van der Waals surface area contributed by atoms with Crippen molar-refractivity contribution in [2.45, 2.75) is 26.3 Å². The summed E-state index contributed by atoms with van der Waals surface area (Å²) in [6.45, 7) is 4.38. The van der Waals surface area contributed by atoms with E-state index in [9.17, 15) is 0 Å². The van der Waals surface area contributed by atoms with Gasteiger partial charge in [-0.25, -0.2) is 0 Å². The maximum absolute atomic E-state index is 5.58. The molecule has 0 aromatic heterocycles. The molecule has 10 heavy (non-hydrogen) atoms. The number of nitrogens with two attached hydrogens (primary N) is 1. The molecule has 1 atom stereocenters. The van der Waals surface area contributed by atoms with Crippen LogP contribution in [0.15, 0.2) is 4.99 Å². The van der Waals surface area contributed by atoms with E-state index in [1.54, 1.807) is 11.8 Å². The summed E-state index contributed by atoms with van der Waals surface area (Å²) in [5.74, 6) is 1.78. The number of nitrogens with zero attached hydrogens (tertiary/aromatic N) is 1. The highest BCUT2D eigenvalue weighted by Gasteiger charge is 2.16. The van der Waals surface area contributed by atoms with Gasteiger partial charge in [0.2, 0.25) is 0 Å². The number of thioether (sulfide) groups is 1. The van der Waals surface area contributed by atoms with Gasteiger partial charge in [0.1, 0.15) is 0 Å². The average Bonchev–Trinajstić information content (AvgIpc) is 1.88. The van der Waals surface area contributed by atoms with Gasteiger partial charge in [0.05, 0.1) is 6.04 Å². The summed E-state index contributed by atoms with van der Waals surface area (Å²) in [6.07, 6.45) is 1.18. The summed E-state index contributed by atoms with van der Waals surface area (Å²) in [5, 5.41) is 0.768. The number of rotatable bonds is 1. The third-order valence-corrected chi connectivity index (χ3v) is 2.57. The van der Waals surface area contributed by atoms with E-state index >= 15 is 0 Å². The fourth-order valence-electron chi connectivity index (χ4n) is 1.03. The first kappa shape index (κ1) is 7.92. The smallest absolute Gasteiger partial charge is 0.154 e. The molecule has 1 aliphatic rings. The third kappa shape index (κ3) is 1.90. The molecule has 1 unspecified atom stereocenters. The lowest BCUT2D eigenvalue weighted by Crippen LogP contribution is -2.23. The molecular weight excluding hydrogens is 144 g/mol. The Morgan fingerprint density at radius 3 is 2.80 bits per heavy atom. The molecule has 0 aromatic rings. The lowest BCUT2D eigenvalue weighted by atomic mass is 10.0. The predicted octanol–water partition coefficient (Wildman–Crippen LogP) is 1.46. The van der Waals surface area contributed by atoms with Crippen molar-refractivity contribution in [2.24, 2.45) is 16.6 Å². The van der Waals surface area contributed by atoms with Crippen LogP contribution in [0.1, 0.15) is 20.3 Å². The van der Waals surface area contributed by atoms with E-state index in [0.717, 1.165) is 10.9 Å². The number of aliphatic imine (C=N–C) groups is 1. The second-order valence-corrected chi connectivity index (χ2v) is 4.03. The summed E-state index contributed by atoms with van der Waals surface area (Å²) < 4.78 is 0. The minimum absolute atomic E-state index is 0.473. The van der Waals surface area contributed by atoms with E-state index in [2.05, 4.69) is 18.8 Å². The summed E-state index contributed by atoms with van der Waals surface area (Å²) in [6, 6.07) is 0.473. The first-order valence-corrected chi connectivity index (χ1v) is 4.65. The summed E-state index contributed by atoms with van der Waals surface area (Å²) >= 11 is 1.67. The third-order valence-electron chi connectivity index (χ3n) is 1.73. The standard InChI is InChI=1S/C7H14N2S/c1-5(2)6-3-4-10-7(8)9-6/h5-6H,3-4H2,1-2H3,(H2,8,9). The lowest BCUT2D eigenvalue weighted by Gasteiger charge is -2.20. The molecule has 1 heterocycles. The Bertz CT molecular complexity index is 143. The minimum Gasteiger partial charge on any atom is -0.379 e. The van der Waals surface area contributed by atoms with Gasteiger partial charge in [0.15, 0.2) is 5.17 Å². The van der Waals surface area contributed by atoms with Gasteiger partial charge in [0, 0.05) is 5.75 Å². The van der Waals surface area contributed by atoms with Crippen molar-refractivity contribution in [3.8, 4) is 0 Å². The Morgan fingerprint density at radius 1 is 1.70 bits per heavy atom. The highest BCUT2D eigenvalue weighted by atomic mass is 32.2. The molecule has 2 N–H and O–H groups in total. The van der Waals surface area contributed by atoms with Crippen LogP contribution < -0.4 is 5.73 Å². The molecule has 0 aromatic carbocycles. The van der Waals surface area contributed by atoms with Crippen molar-refractivity contribution >= 4 is 16.9 Å². The van der Waals surface area contributed by atoms with E-state index in [4.69, 9.17) is 5.73 Å². The second kappa shape index (κ2) is 3.28. The van der Waals surface area contributed by atoms with Crippen LogP contribution in [0.25, 0.3) is 0 Å². The van der Waals surface area contributed by atoms with Gasteiger partial charge in [-0.1, -0.05) is 25.6 Å². The molecule has 0 saturated heterocycles. The quantitative estimate of drug-likeness (QED) is 0.627. The van der Waals surface area contributed by atoms with Crippen molar-refractivity contribution in [2.75, 3.05) is 5.75 Å². The molecule has 1 aliphatic heterocycles. The van der Waals surface area contributed by atoms with Crippen LogP contribution in [0.5, 0.6) is 0 Å². The monoisotopic (exact) mass is 158 g/mol. The minimum atomic E-state index is 0.473. The molecule has 58 valence electrons. The number of hydrogen-bond acceptors (Lipinski definition) is 3. The molecule has 0 aliphatic carbocycles. The van der Waals surface area contributed by atoms with Crippen LogP contribution in [0.3, 0.4) is 0 Å². The highest BCUT2D eigenvalue weighted by molar-refractivity contribution is 8.13. The molecule has 0 fully saturated rings. The van der Waals surface area contributed by atoms with Crippen LogP contribution in [0.4, 0.5) is 0 Å². The van der Waals surface area contributed by atoms with Gasteiger partial charge < -0.3 is 5.73 Å². The fourth-order valence-corrected chi connectivity index (χ4v) is 1.81. The van der Waals surface area contributed by atoms with Crippen LogP contribution in [0.2, 0.25) is 0 Å². The molecular formula is C7H14N2S. The van der Waals surface area contributed by atoms with E-state index in [-0.39, 0.29) is 0 Å². The van der Waals surface area contributed by atoms with Crippen LogP contribution in [-0.4, -0.2) is 17.0 Å². The largest absolute Gasteiger partial charge is 0.379 e. The second-order valence-electron chi connectivity index (χ2n) is 2.92. The normalized spacial score (nSPS) is 26.7. The highest BCUT2D eigenvalue weighted by Crippen LogP contribution is 2.20. The first-order chi connectivity index (χ1) is 4.70. The molecule has 0 bridgehead atoms. The zero-order valence-corrected chi connectivity index (χ0v) is 7.32. The SMILES string of the molecule is CC(C)C1CCSC(N)=N1. The van der Waals surface area contributed by atoms with Crippen LogP contribution in [0, 0.1) is 5.92 Å². The van der Waals surface area contributed by atoms with Crippen molar-refractivity contribution in [1.29, 1.82) is 0 Å². The predicted molar refractivity (Wildman–Crippen MR) is 47.3 cm³/mol. The Morgan fingerprint density at radius 2 is 2.40 bits per heavy atom. The Kier molecular flexibility index (Phi) is 2.60. The topological polar surface area (TPSA) is 38.4 Å². The van der Waals surface area contributed by atoms with Gasteiger partial charge in [-0.2, -0.15) is 0 Å². The first-order valence-electron chi connectivity index (χ1n) is 3.66. The summed E-state index contributed by atoms with van der Waals surface area (Å²) in [4.78, 5) is 4.34. The van der Waals surface area contributed by atoms with E-state index < -0.39 is 0 Å². The molecule has 2 nitrogen and oxygen atoms in total. The summed E-state index contributed by atoms with van der Waals surface area (Å²) in [5.41, 5.74) is 5.58. The molecule has 0 spiro atoms. The van der Waals surface area contributed by atoms with E-state index in [1.807, 2.05) is 0 Å². The molecule has 0 saturated carbocycles. The summed E-state index contributed by atoms with van der Waals surface area (Å²) in [7, 11) is 0. The van der Waals surface area contributed by atoms with Gasteiger partial charge >= 0.3 is 0 Å². The maximum Gasteiger partial charge on any atom is 0.154 e. The molecule has 3 heteroatoms. The van der Waals surface area contributed by atoms with Crippen LogP contribution >= 0.6 is 11.8 Å². The van der Waals surface area contributed by atoms with Gasteiger partial charge in [-0.3, -0.25) is 4.99 Å². The molecule has 1 rings (SSSR count).